The molecule has 0 saturated carbocycles. The minimum atomic E-state index is -0.634. The van der Waals surface area contributed by atoms with Gasteiger partial charge in [0.15, 0.2) is 0 Å². The molecule has 0 aliphatic heterocycles. The maximum absolute atomic E-state index is 14.4. The molecule has 0 radical (unpaired) electrons. The molecule has 6 heteroatoms. The number of carbonyl (C=O) groups is 1. The summed E-state index contributed by atoms with van der Waals surface area (Å²) in [5.41, 5.74) is 3.83. The van der Waals surface area contributed by atoms with Crippen molar-refractivity contribution in [1.29, 1.82) is 0 Å². The van der Waals surface area contributed by atoms with E-state index < -0.39 is 11.6 Å². The number of carbonyl (C=O) groups excluding carboxylic acids is 1. The third-order valence-electron chi connectivity index (χ3n) is 5.32. The molecule has 1 heterocycles. The van der Waals surface area contributed by atoms with E-state index in [1.54, 1.807) is 29.0 Å². The van der Waals surface area contributed by atoms with E-state index in [0.717, 1.165) is 22.8 Å². The molecule has 166 valence electrons. The molecule has 1 amide bonds. The molecule has 3 aromatic rings. The van der Waals surface area contributed by atoms with Gasteiger partial charge in [-0.1, -0.05) is 25.6 Å². The lowest BCUT2D eigenvalue weighted by molar-refractivity contribution is -0.111. The van der Waals surface area contributed by atoms with Crippen LogP contribution in [0.5, 0.6) is 0 Å². The summed E-state index contributed by atoms with van der Waals surface area (Å²) in [6.45, 7) is 9.25. The molecule has 1 N–H and O–H groups in total. The Kier molecular flexibility index (Phi) is 7.03. The van der Waals surface area contributed by atoms with E-state index in [1.807, 2.05) is 26.8 Å². The number of amides is 1. The van der Waals surface area contributed by atoms with Crippen molar-refractivity contribution in [3.63, 3.8) is 0 Å². The van der Waals surface area contributed by atoms with Crippen LogP contribution in [0.25, 0.3) is 11.1 Å². The van der Waals surface area contributed by atoms with Crippen LogP contribution in [0.4, 0.5) is 14.5 Å². The number of nitrogens with one attached hydrogen (secondary N) is 1. The third kappa shape index (κ3) is 5.02. The van der Waals surface area contributed by atoms with E-state index >= 15 is 0 Å². The summed E-state index contributed by atoms with van der Waals surface area (Å²) < 4.78 is 29.4. The van der Waals surface area contributed by atoms with Crippen molar-refractivity contribution in [2.24, 2.45) is 0 Å². The van der Waals surface area contributed by atoms with Gasteiger partial charge < -0.3 is 9.88 Å². The summed E-state index contributed by atoms with van der Waals surface area (Å²) in [6, 6.07) is 10.6. The number of nitrogens with zero attached hydrogens (tertiary/aromatic N) is 1. The zero-order valence-electron chi connectivity index (χ0n) is 18.4. The maximum Gasteiger partial charge on any atom is 0.253 e. The molecule has 3 rings (SSSR count). The van der Waals surface area contributed by atoms with Crippen LogP contribution >= 0.6 is 0 Å². The van der Waals surface area contributed by atoms with Gasteiger partial charge in [-0.25, -0.2) is 8.78 Å². The van der Waals surface area contributed by atoms with E-state index in [9.17, 15) is 18.4 Å². The van der Waals surface area contributed by atoms with Crippen LogP contribution in [0.3, 0.4) is 0 Å². The van der Waals surface area contributed by atoms with Gasteiger partial charge in [-0.05, 0) is 72.9 Å². The standard InChI is InChI=1S/C26H26F2N2O2/c1-5-17-11-20(15-30(16(3)4)26(17)32)23-14-22(29-25(31)6-2)10-8-18(23)12-19-7-9-21(27)13-24(19)28/h6-11,13-16H,2,5,12H2,1,3-4H3,(H,29,31). The van der Waals surface area contributed by atoms with Crippen molar-refractivity contribution in [3.05, 3.63) is 100.0 Å². The minimum absolute atomic E-state index is 0.0469. The van der Waals surface area contributed by atoms with Gasteiger partial charge in [0.25, 0.3) is 5.56 Å². The first-order valence-corrected chi connectivity index (χ1v) is 10.5. The van der Waals surface area contributed by atoms with Gasteiger partial charge in [-0.2, -0.15) is 0 Å². The van der Waals surface area contributed by atoms with Gasteiger partial charge in [-0.15, -0.1) is 0 Å². The fraction of sp³-hybridized carbons (Fsp3) is 0.231. The first-order valence-electron chi connectivity index (χ1n) is 10.5. The fourth-order valence-corrected chi connectivity index (χ4v) is 3.59. The summed E-state index contributed by atoms with van der Waals surface area (Å²) in [6.07, 6.45) is 3.74. The number of rotatable bonds is 7. The van der Waals surface area contributed by atoms with Crippen molar-refractivity contribution in [3.8, 4) is 11.1 Å². The first kappa shape index (κ1) is 23.1. The molecule has 0 atom stereocenters. The first-order chi connectivity index (χ1) is 15.2. The highest BCUT2D eigenvalue weighted by molar-refractivity contribution is 5.99. The van der Waals surface area contributed by atoms with Gasteiger partial charge in [0.2, 0.25) is 5.91 Å². The molecule has 0 aliphatic carbocycles. The quantitative estimate of drug-likeness (QED) is 0.487. The Hall–Kier alpha value is -3.54. The fourth-order valence-electron chi connectivity index (χ4n) is 3.59. The summed E-state index contributed by atoms with van der Waals surface area (Å²) in [5.74, 6) is -1.61. The molecular weight excluding hydrogens is 410 g/mol. The van der Waals surface area contributed by atoms with Gasteiger partial charge in [0, 0.05) is 36.0 Å². The summed E-state index contributed by atoms with van der Waals surface area (Å²) in [4.78, 5) is 24.5. The molecule has 1 aromatic heterocycles. The minimum Gasteiger partial charge on any atom is -0.323 e. The molecule has 0 aliphatic rings. The number of hydrogen-bond acceptors (Lipinski definition) is 2. The van der Waals surface area contributed by atoms with Crippen LogP contribution in [-0.2, 0) is 17.6 Å². The molecule has 0 fully saturated rings. The summed E-state index contributed by atoms with van der Waals surface area (Å²) >= 11 is 0. The smallest absolute Gasteiger partial charge is 0.253 e. The molecule has 0 bridgehead atoms. The van der Waals surface area contributed by atoms with Crippen molar-refractivity contribution in [1.82, 2.24) is 4.57 Å². The summed E-state index contributed by atoms with van der Waals surface area (Å²) in [5, 5.41) is 2.74. The van der Waals surface area contributed by atoms with E-state index in [1.165, 1.54) is 18.2 Å². The maximum atomic E-state index is 14.4. The van der Waals surface area contributed by atoms with Crippen LogP contribution in [0.15, 0.2) is 66.1 Å². The highest BCUT2D eigenvalue weighted by atomic mass is 19.1. The Labute approximate surface area is 186 Å². The Morgan fingerprint density at radius 3 is 2.44 bits per heavy atom. The largest absolute Gasteiger partial charge is 0.323 e. The number of aryl methyl sites for hydroxylation is 1. The highest BCUT2D eigenvalue weighted by Crippen LogP contribution is 2.30. The average Bonchev–Trinajstić information content (AvgIpc) is 2.76. The highest BCUT2D eigenvalue weighted by Gasteiger charge is 2.15. The Morgan fingerprint density at radius 1 is 1.09 bits per heavy atom. The number of halogens is 2. The van der Waals surface area contributed by atoms with Crippen LogP contribution < -0.4 is 10.9 Å². The van der Waals surface area contributed by atoms with Crippen molar-refractivity contribution in [2.45, 2.75) is 39.7 Å². The van der Waals surface area contributed by atoms with Gasteiger partial charge in [0.05, 0.1) is 0 Å². The lowest BCUT2D eigenvalue weighted by Crippen LogP contribution is -2.24. The lowest BCUT2D eigenvalue weighted by atomic mass is 9.93. The molecule has 4 nitrogen and oxygen atoms in total. The second kappa shape index (κ2) is 9.73. The van der Waals surface area contributed by atoms with Crippen LogP contribution in [0, 0.1) is 11.6 Å². The van der Waals surface area contributed by atoms with Crippen LogP contribution in [0.2, 0.25) is 0 Å². The number of benzene rings is 2. The molecule has 0 saturated heterocycles. The zero-order chi connectivity index (χ0) is 23.4. The number of pyridine rings is 1. The molecular formula is C26H26F2N2O2. The topological polar surface area (TPSA) is 51.1 Å². The number of aromatic nitrogens is 1. The van der Waals surface area contributed by atoms with Crippen molar-refractivity contribution < 1.29 is 13.6 Å². The lowest BCUT2D eigenvalue weighted by Gasteiger charge is -2.18. The van der Waals surface area contributed by atoms with Crippen molar-refractivity contribution in [2.75, 3.05) is 5.32 Å². The Bertz CT molecular complexity index is 1230. The second-order valence-corrected chi connectivity index (χ2v) is 7.89. The van der Waals surface area contributed by atoms with E-state index in [-0.39, 0.29) is 23.9 Å². The Morgan fingerprint density at radius 2 is 1.81 bits per heavy atom. The molecule has 32 heavy (non-hydrogen) atoms. The normalized spacial score (nSPS) is 10.9. The monoisotopic (exact) mass is 436 g/mol. The van der Waals surface area contributed by atoms with E-state index in [2.05, 4.69) is 11.9 Å². The van der Waals surface area contributed by atoms with Gasteiger partial charge in [-0.3, -0.25) is 9.59 Å². The molecule has 0 unspecified atom stereocenters. The van der Waals surface area contributed by atoms with Crippen LogP contribution in [0.1, 0.15) is 43.5 Å². The Balaban J connectivity index is 2.19. The third-order valence-corrected chi connectivity index (χ3v) is 5.32. The summed E-state index contributed by atoms with van der Waals surface area (Å²) in [7, 11) is 0. The SMILES string of the molecule is C=CC(=O)Nc1ccc(Cc2ccc(F)cc2F)c(-c2cc(CC)c(=O)n(C(C)C)c2)c1. The number of anilines is 1. The average molecular weight is 437 g/mol. The predicted molar refractivity (Wildman–Crippen MR) is 124 cm³/mol. The van der Waals surface area contributed by atoms with E-state index in [4.69, 9.17) is 0 Å². The molecule has 2 aromatic carbocycles. The zero-order valence-corrected chi connectivity index (χ0v) is 18.4. The van der Waals surface area contributed by atoms with Crippen LogP contribution in [-0.4, -0.2) is 10.5 Å². The number of hydrogen-bond donors (Lipinski definition) is 1. The molecule has 0 spiro atoms. The second-order valence-electron chi connectivity index (χ2n) is 7.89. The predicted octanol–water partition coefficient (Wildman–Crippen LogP) is 5.65. The van der Waals surface area contributed by atoms with Gasteiger partial charge >= 0.3 is 0 Å². The van der Waals surface area contributed by atoms with Crippen molar-refractivity contribution >= 4 is 11.6 Å². The van der Waals surface area contributed by atoms with E-state index in [0.29, 0.717) is 23.2 Å². The van der Waals surface area contributed by atoms with Gasteiger partial charge in [0.1, 0.15) is 11.6 Å².